The van der Waals surface area contributed by atoms with Crippen LogP contribution in [0, 0.1) is 0 Å². The van der Waals surface area contributed by atoms with Gasteiger partial charge < -0.3 is 25.4 Å². The molecule has 7 heteroatoms. The number of nitrogens with zero attached hydrogens (tertiary/aromatic N) is 2. The van der Waals surface area contributed by atoms with Crippen LogP contribution in [-0.4, -0.2) is 50.4 Å². The molecule has 0 aromatic heterocycles. The third-order valence-corrected chi connectivity index (χ3v) is 5.13. The number of aryl methyl sites for hydroxylation is 1. The predicted molar refractivity (Wildman–Crippen MR) is 135 cm³/mol. The van der Waals surface area contributed by atoms with Crippen LogP contribution in [0.15, 0.2) is 53.5 Å². The van der Waals surface area contributed by atoms with Crippen molar-refractivity contribution in [2.45, 2.75) is 32.2 Å². The summed E-state index contributed by atoms with van der Waals surface area (Å²) in [7, 11) is 1.72. The Morgan fingerprint density at radius 1 is 1.20 bits per heavy atom. The van der Waals surface area contributed by atoms with E-state index in [1.807, 2.05) is 24.3 Å². The number of guanidine groups is 1. The fourth-order valence-corrected chi connectivity index (χ4v) is 3.64. The summed E-state index contributed by atoms with van der Waals surface area (Å²) in [5.41, 5.74) is 2.37. The average Bonchev–Trinajstić information content (AvgIpc) is 3.21. The van der Waals surface area contributed by atoms with Crippen molar-refractivity contribution in [2.24, 2.45) is 4.99 Å². The number of phenolic OH excluding ortho intramolecular Hbond substituents is 1. The van der Waals surface area contributed by atoms with E-state index >= 15 is 0 Å². The van der Waals surface area contributed by atoms with Gasteiger partial charge in [-0.3, -0.25) is 4.99 Å². The predicted octanol–water partition coefficient (Wildman–Crippen LogP) is 3.79. The molecule has 0 amide bonds. The second kappa shape index (κ2) is 12.5. The molecular formula is C23H33IN4O2. The lowest BCUT2D eigenvalue weighted by atomic mass is 10.1. The lowest BCUT2D eigenvalue weighted by molar-refractivity contribution is 0.415. The van der Waals surface area contributed by atoms with E-state index in [-0.39, 0.29) is 24.0 Å². The van der Waals surface area contributed by atoms with Gasteiger partial charge in [-0.2, -0.15) is 0 Å². The highest BCUT2D eigenvalue weighted by Gasteiger charge is 2.25. The molecule has 1 saturated heterocycles. The quantitative estimate of drug-likeness (QED) is 0.212. The van der Waals surface area contributed by atoms with Gasteiger partial charge in [-0.15, -0.1) is 24.0 Å². The van der Waals surface area contributed by atoms with Crippen LogP contribution >= 0.6 is 24.0 Å². The Morgan fingerprint density at radius 3 is 2.70 bits per heavy atom. The van der Waals surface area contributed by atoms with Crippen LogP contribution in [0.3, 0.4) is 0 Å². The van der Waals surface area contributed by atoms with Gasteiger partial charge >= 0.3 is 0 Å². The van der Waals surface area contributed by atoms with Crippen LogP contribution < -0.4 is 20.3 Å². The topological polar surface area (TPSA) is 69.1 Å². The highest BCUT2D eigenvalue weighted by molar-refractivity contribution is 14.0. The Hall–Kier alpha value is -2.16. The zero-order valence-electron chi connectivity index (χ0n) is 17.8. The molecule has 1 aliphatic heterocycles. The monoisotopic (exact) mass is 524 g/mol. The normalized spacial score (nSPS) is 16.1. The van der Waals surface area contributed by atoms with Crippen molar-refractivity contribution in [3.05, 3.63) is 54.1 Å². The summed E-state index contributed by atoms with van der Waals surface area (Å²) in [6, 6.07) is 15.9. The van der Waals surface area contributed by atoms with Gasteiger partial charge in [0.15, 0.2) is 5.96 Å². The van der Waals surface area contributed by atoms with Crippen LogP contribution in [0.2, 0.25) is 0 Å². The number of aliphatic imine (C=N–C) groups is 1. The SMILES string of the molecule is CCNC(=NCCCc1ccc(O)cc1)NC1CCN(c2ccccc2OC)C1.I. The fraction of sp³-hybridized carbons (Fsp3) is 0.435. The summed E-state index contributed by atoms with van der Waals surface area (Å²) >= 11 is 0. The van der Waals surface area contributed by atoms with E-state index in [1.54, 1.807) is 19.2 Å². The van der Waals surface area contributed by atoms with Crippen LogP contribution in [-0.2, 0) is 6.42 Å². The average molecular weight is 524 g/mol. The number of hydrogen-bond donors (Lipinski definition) is 3. The van der Waals surface area contributed by atoms with Crippen molar-refractivity contribution >= 4 is 35.6 Å². The first-order valence-electron chi connectivity index (χ1n) is 10.4. The number of halogens is 1. The molecule has 1 fully saturated rings. The fourth-order valence-electron chi connectivity index (χ4n) is 3.64. The van der Waals surface area contributed by atoms with Crippen molar-refractivity contribution in [1.82, 2.24) is 10.6 Å². The minimum atomic E-state index is 0. The Balaban J connectivity index is 0.00000320. The number of nitrogens with one attached hydrogen (secondary N) is 2. The molecule has 1 aliphatic rings. The molecule has 1 heterocycles. The number of phenols is 1. The van der Waals surface area contributed by atoms with Gasteiger partial charge in [0.05, 0.1) is 12.8 Å². The minimum Gasteiger partial charge on any atom is -0.508 e. The van der Waals surface area contributed by atoms with E-state index in [0.29, 0.717) is 11.8 Å². The smallest absolute Gasteiger partial charge is 0.191 e. The molecule has 3 N–H and O–H groups in total. The van der Waals surface area contributed by atoms with Gasteiger partial charge in [0.2, 0.25) is 0 Å². The van der Waals surface area contributed by atoms with E-state index in [0.717, 1.165) is 62.8 Å². The molecular weight excluding hydrogens is 491 g/mol. The van der Waals surface area contributed by atoms with Crippen molar-refractivity contribution in [3.8, 4) is 11.5 Å². The van der Waals surface area contributed by atoms with Gasteiger partial charge in [0, 0.05) is 32.2 Å². The standard InChI is InChI=1S/C23H32N4O2.HI/c1-3-24-23(25-15-6-7-18-10-12-20(28)13-11-18)26-19-14-16-27(17-19)21-8-4-5-9-22(21)29-2;/h4-5,8-13,19,28H,3,6-7,14-17H2,1-2H3,(H2,24,25,26);1H. The van der Waals surface area contributed by atoms with E-state index < -0.39 is 0 Å². The number of para-hydroxylation sites is 2. The van der Waals surface area contributed by atoms with Gasteiger partial charge in [-0.1, -0.05) is 24.3 Å². The number of ether oxygens (including phenoxy) is 1. The Labute approximate surface area is 196 Å². The second-order valence-electron chi connectivity index (χ2n) is 7.28. The van der Waals surface area contributed by atoms with Crippen LogP contribution in [0.5, 0.6) is 11.5 Å². The Bertz CT molecular complexity index is 798. The first-order valence-corrected chi connectivity index (χ1v) is 10.4. The molecule has 164 valence electrons. The molecule has 0 radical (unpaired) electrons. The maximum Gasteiger partial charge on any atom is 0.191 e. The van der Waals surface area contributed by atoms with Gasteiger partial charge in [-0.25, -0.2) is 0 Å². The second-order valence-corrected chi connectivity index (χ2v) is 7.28. The largest absolute Gasteiger partial charge is 0.508 e. The Morgan fingerprint density at radius 2 is 1.97 bits per heavy atom. The highest BCUT2D eigenvalue weighted by atomic mass is 127. The summed E-state index contributed by atoms with van der Waals surface area (Å²) in [6.07, 6.45) is 2.99. The summed E-state index contributed by atoms with van der Waals surface area (Å²) < 4.78 is 5.51. The molecule has 2 aromatic rings. The molecule has 30 heavy (non-hydrogen) atoms. The zero-order valence-corrected chi connectivity index (χ0v) is 20.1. The minimum absolute atomic E-state index is 0. The van der Waals surface area contributed by atoms with Crippen molar-refractivity contribution in [2.75, 3.05) is 38.2 Å². The molecule has 6 nitrogen and oxygen atoms in total. The number of hydrogen-bond acceptors (Lipinski definition) is 4. The lowest BCUT2D eigenvalue weighted by Crippen LogP contribution is -2.44. The van der Waals surface area contributed by atoms with Crippen molar-refractivity contribution in [1.29, 1.82) is 0 Å². The third-order valence-electron chi connectivity index (χ3n) is 5.13. The summed E-state index contributed by atoms with van der Waals surface area (Å²) in [4.78, 5) is 7.11. The van der Waals surface area contributed by atoms with Gasteiger partial charge in [-0.05, 0) is 56.0 Å². The summed E-state index contributed by atoms with van der Waals surface area (Å²) in [5, 5.41) is 16.3. The number of benzene rings is 2. The third kappa shape index (κ3) is 6.97. The van der Waals surface area contributed by atoms with Crippen LogP contribution in [0.1, 0.15) is 25.3 Å². The van der Waals surface area contributed by atoms with Crippen LogP contribution in [0.25, 0.3) is 0 Å². The molecule has 3 rings (SSSR count). The Kier molecular flexibility index (Phi) is 10.1. The number of anilines is 1. The van der Waals surface area contributed by atoms with Gasteiger partial charge in [0.25, 0.3) is 0 Å². The number of methoxy groups -OCH3 is 1. The molecule has 0 spiro atoms. The van der Waals surface area contributed by atoms with Gasteiger partial charge in [0.1, 0.15) is 11.5 Å². The molecule has 2 aromatic carbocycles. The summed E-state index contributed by atoms with van der Waals surface area (Å²) in [5.74, 6) is 2.11. The maximum absolute atomic E-state index is 9.37. The number of rotatable bonds is 8. The van der Waals surface area contributed by atoms with E-state index in [2.05, 4.69) is 34.6 Å². The first kappa shape index (κ1) is 24.1. The van der Waals surface area contributed by atoms with Crippen molar-refractivity contribution < 1.29 is 9.84 Å². The van der Waals surface area contributed by atoms with E-state index in [1.165, 1.54) is 5.56 Å². The first-order chi connectivity index (χ1) is 14.2. The zero-order chi connectivity index (χ0) is 20.5. The molecule has 0 saturated carbocycles. The molecule has 0 bridgehead atoms. The summed E-state index contributed by atoms with van der Waals surface area (Å²) in [6.45, 7) is 5.62. The maximum atomic E-state index is 9.37. The van der Waals surface area contributed by atoms with E-state index in [9.17, 15) is 5.11 Å². The highest BCUT2D eigenvalue weighted by Crippen LogP contribution is 2.30. The lowest BCUT2D eigenvalue weighted by Gasteiger charge is -2.22. The molecule has 0 aliphatic carbocycles. The van der Waals surface area contributed by atoms with E-state index in [4.69, 9.17) is 9.73 Å². The molecule has 1 atom stereocenters. The van der Waals surface area contributed by atoms with Crippen molar-refractivity contribution in [3.63, 3.8) is 0 Å². The molecule has 1 unspecified atom stereocenters. The van der Waals surface area contributed by atoms with Crippen LogP contribution in [0.4, 0.5) is 5.69 Å². The number of aromatic hydroxyl groups is 1.